The Bertz CT molecular complexity index is 620. The fourth-order valence-corrected chi connectivity index (χ4v) is 2.47. The van der Waals surface area contributed by atoms with Gasteiger partial charge < -0.3 is 10.1 Å². The average Bonchev–Trinajstić information content (AvgIpc) is 2.46. The van der Waals surface area contributed by atoms with Crippen LogP contribution in [0.5, 0.6) is 5.75 Å². The van der Waals surface area contributed by atoms with Crippen LogP contribution in [0.25, 0.3) is 5.57 Å². The fourth-order valence-electron chi connectivity index (χ4n) is 1.77. The van der Waals surface area contributed by atoms with Crippen molar-refractivity contribution >= 4 is 21.3 Å². The maximum absolute atomic E-state index is 11.8. The molecular weight excluding hydrogens is 290 g/mol. The van der Waals surface area contributed by atoms with Crippen molar-refractivity contribution in [2.24, 2.45) is 0 Å². The summed E-state index contributed by atoms with van der Waals surface area (Å²) in [6.07, 6.45) is 1.44. The molecule has 0 bridgehead atoms. The number of hydrogen-bond acceptors (Lipinski definition) is 4. The maximum Gasteiger partial charge on any atom is 0.244 e. The van der Waals surface area contributed by atoms with Gasteiger partial charge in [0.15, 0.2) is 9.84 Å². The van der Waals surface area contributed by atoms with Gasteiger partial charge in [-0.05, 0) is 18.6 Å². The van der Waals surface area contributed by atoms with Crippen molar-refractivity contribution in [3.63, 3.8) is 0 Å². The second kappa shape index (κ2) is 7.83. The van der Waals surface area contributed by atoms with Gasteiger partial charge in [-0.1, -0.05) is 25.1 Å². The molecule has 1 amide bonds. The van der Waals surface area contributed by atoms with E-state index in [9.17, 15) is 13.2 Å². The Morgan fingerprint density at radius 1 is 1.33 bits per heavy atom. The Hall–Kier alpha value is -1.82. The summed E-state index contributed by atoms with van der Waals surface area (Å²) in [6.45, 7) is 3.51. The molecule has 1 N–H and O–H groups in total. The Kier molecular flexibility index (Phi) is 6.42. The number of carbonyl (C=O) groups excluding carboxylic acids is 1. The summed E-state index contributed by atoms with van der Waals surface area (Å²) >= 11 is 0. The third kappa shape index (κ3) is 5.59. The number of para-hydroxylation sites is 1. The van der Waals surface area contributed by atoms with E-state index in [0.717, 1.165) is 11.1 Å². The molecule has 0 radical (unpaired) electrons. The van der Waals surface area contributed by atoms with E-state index in [1.54, 1.807) is 21.0 Å². The SMILES string of the molecule is CCS(=O)(=O)CCNC(=O)/C=C(/C)c1ccccc1OC. The van der Waals surface area contributed by atoms with Gasteiger partial charge >= 0.3 is 0 Å². The van der Waals surface area contributed by atoms with Crippen LogP contribution in [0.3, 0.4) is 0 Å². The molecule has 0 aliphatic heterocycles. The first kappa shape index (κ1) is 17.2. The molecule has 1 aromatic rings. The van der Waals surface area contributed by atoms with Gasteiger partial charge in [0.1, 0.15) is 5.75 Å². The second-order valence-corrected chi connectivity index (χ2v) is 7.03. The highest BCUT2D eigenvalue weighted by Gasteiger charge is 2.09. The highest BCUT2D eigenvalue weighted by Crippen LogP contribution is 2.24. The van der Waals surface area contributed by atoms with Gasteiger partial charge in [-0.2, -0.15) is 0 Å². The largest absolute Gasteiger partial charge is 0.496 e. The molecule has 0 aliphatic carbocycles. The van der Waals surface area contributed by atoms with Crippen LogP contribution in [0.4, 0.5) is 0 Å². The van der Waals surface area contributed by atoms with E-state index >= 15 is 0 Å². The molecule has 0 aromatic heterocycles. The topological polar surface area (TPSA) is 72.5 Å². The number of amides is 1. The van der Waals surface area contributed by atoms with Gasteiger partial charge in [0.2, 0.25) is 5.91 Å². The van der Waals surface area contributed by atoms with Gasteiger partial charge in [-0.25, -0.2) is 8.42 Å². The van der Waals surface area contributed by atoms with E-state index < -0.39 is 9.84 Å². The van der Waals surface area contributed by atoms with E-state index in [-0.39, 0.29) is 24.0 Å². The molecule has 0 spiro atoms. The number of carbonyl (C=O) groups is 1. The van der Waals surface area contributed by atoms with Crippen LogP contribution >= 0.6 is 0 Å². The molecule has 21 heavy (non-hydrogen) atoms. The Balaban J connectivity index is 2.67. The summed E-state index contributed by atoms with van der Waals surface area (Å²) in [5.74, 6) is 0.410. The lowest BCUT2D eigenvalue weighted by atomic mass is 10.1. The number of rotatable bonds is 7. The van der Waals surface area contributed by atoms with Crippen LogP contribution in [-0.2, 0) is 14.6 Å². The van der Waals surface area contributed by atoms with Gasteiger partial charge in [0, 0.05) is 23.9 Å². The highest BCUT2D eigenvalue weighted by molar-refractivity contribution is 7.91. The van der Waals surface area contributed by atoms with Crippen molar-refractivity contribution in [1.82, 2.24) is 5.32 Å². The smallest absolute Gasteiger partial charge is 0.244 e. The molecular formula is C15H21NO4S. The van der Waals surface area contributed by atoms with E-state index in [2.05, 4.69) is 5.32 Å². The van der Waals surface area contributed by atoms with Crippen molar-refractivity contribution in [3.05, 3.63) is 35.9 Å². The number of sulfone groups is 1. The Morgan fingerprint density at radius 3 is 2.62 bits per heavy atom. The summed E-state index contributed by atoms with van der Waals surface area (Å²) in [7, 11) is -1.49. The minimum absolute atomic E-state index is 0.0449. The van der Waals surface area contributed by atoms with Crippen LogP contribution in [-0.4, -0.2) is 39.5 Å². The van der Waals surface area contributed by atoms with Crippen molar-refractivity contribution in [2.45, 2.75) is 13.8 Å². The zero-order valence-electron chi connectivity index (χ0n) is 12.5. The highest BCUT2D eigenvalue weighted by atomic mass is 32.2. The van der Waals surface area contributed by atoms with Crippen LogP contribution < -0.4 is 10.1 Å². The molecule has 0 saturated heterocycles. The summed E-state index contributed by atoms with van der Waals surface area (Å²) in [6, 6.07) is 7.39. The minimum Gasteiger partial charge on any atom is -0.496 e. The summed E-state index contributed by atoms with van der Waals surface area (Å²) in [5.41, 5.74) is 1.58. The summed E-state index contributed by atoms with van der Waals surface area (Å²) in [4.78, 5) is 11.8. The van der Waals surface area contributed by atoms with Crippen molar-refractivity contribution < 1.29 is 17.9 Å². The molecule has 0 fully saturated rings. The zero-order valence-corrected chi connectivity index (χ0v) is 13.4. The lowest BCUT2D eigenvalue weighted by Gasteiger charge is -2.08. The van der Waals surface area contributed by atoms with E-state index in [0.29, 0.717) is 5.75 Å². The van der Waals surface area contributed by atoms with Crippen LogP contribution in [0, 0.1) is 0 Å². The minimum atomic E-state index is -3.06. The number of ether oxygens (including phenoxy) is 1. The molecule has 0 unspecified atom stereocenters. The lowest BCUT2D eigenvalue weighted by Crippen LogP contribution is -2.28. The standard InChI is InChI=1S/C15H21NO4S/c1-4-21(18,19)10-9-16-15(17)11-12(2)13-7-5-6-8-14(13)20-3/h5-8,11H,4,9-10H2,1-3H3,(H,16,17)/b12-11-. The van der Waals surface area contributed by atoms with Gasteiger partial charge in [0.25, 0.3) is 0 Å². The normalized spacial score (nSPS) is 12.0. The average molecular weight is 311 g/mol. The quantitative estimate of drug-likeness (QED) is 0.777. The summed E-state index contributed by atoms with van der Waals surface area (Å²) < 4.78 is 27.9. The predicted octanol–water partition coefficient (Wildman–Crippen LogP) is 1.65. The molecule has 0 atom stereocenters. The van der Waals surface area contributed by atoms with Crippen LogP contribution in [0.2, 0.25) is 0 Å². The van der Waals surface area contributed by atoms with Crippen LogP contribution in [0.15, 0.2) is 30.3 Å². The third-order valence-corrected chi connectivity index (χ3v) is 4.74. The molecule has 5 nitrogen and oxygen atoms in total. The molecule has 0 saturated carbocycles. The first-order valence-corrected chi connectivity index (χ1v) is 8.51. The predicted molar refractivity (Wildman–Crippen MR) is 84.0 cm³/mol. The molecule has 1 rings (SSSR count). The molecule has 6 heteroatoms. The van der Waals surface area contributed by atoms with Crippen molar-refractivity contribution in [1.29, 1.82) is 0 Å². The molecule has 0 aliphatic rings. The maximum atomic E-state index is 11.8. The van der Waals surface area contributed by atoms with Gasteiger partial charge in [0.05, 0.1) is 12.9 Å². The monoisotopic (exact) mass is 311 g/mol. The van der Waals surface area contributed by atoms with Crippen molar-refractivity contribution in [2.75, 3.05) is 25.2 Å². The fraction of sp³-hybridized carbons (Fsp3) is 0.400. The second-order valence-electron chi connectivity index (χ2n) is 4.56. The van der Waals surface area contributed by atoms with Gasteiger partial charge in [-0.3, -0.25) is 4.79 Å². The first-order valence-electron chi connectivity index (χ1n) is 6.69. The van der Waals surface area contributed by atoms with E-state index in [4.69, 9.17) is 4.74 Å². The van der Waals surface area contributed by atoms with Gasteiger partial charge in [-0.15, -0.1) is 0 Å². The van der Waals surface area contributed by atoms with Crippen molar-refractivity contribution in [3.8, 4) is 5.75 Å². The zero-order chi connectivity index (χ0) is 15.9. The molecule has 1 aromatic carbocycles. The molecule has 0 heterocycles. The van der Waals surface area contributed by atoms with Crippen LogP contribution in [0.1, 0.15) is 19.4 Å². The van der Waals surface area contributed by atoms with E-state index in [1.807, 2.05) is 24.3 Å². The Labute approximate surface area is 125 Å². The number of allylic oxidation sites excluding steroid dienone is 1. The number of benzene rings is 1. The Morgan fingerprint density at radius 2 is 2.00 bits per heavy atom. The molecule has 116 valence electrons. The lowest BCUT2D eigenvalue weighted by molar-refractivity contribution is -0.116. The number of hydrogen-bond donors (Lipinski definition) is 1. The summed E-state index contributed by atoms with van der Waals surface area (Å²) in [5, 5.41) is 2.58. The third-order valence-electron chi connectivity index (χ3n) is 3.03. The van der Waals surface area contributed by atoms with E-state index in [1.165, 1.54) is 6.08 Å². The number of methoxy groups -OCH3 is 1. The number of nitrogens with one attached hydrogen (secondary N) is 1. The first-order chi connectivity index (χ1) is 9.89.